The molecule has 1 aliphatic heterocycles. The number of benzene rings is 1. The van der Waals surface area contributed by atoms with Crippen molar-refractivity contribution in [2.45, 2.75) is 26.3 Å². The molecule has 3 rings (SSSR count). The summed E-state index contributed by atoms with van der Waals surface area (Å²) in [7, 11) is 1.95. The van der Waals surface area contributed by atoms with Crippen LogP contribution in [0.1, 0.15) is 23.3 Å². The number of nitrogens with one attached hydrogen (secondary N) is 1. The molecule has 2 aromatic rings. The number of carbonyl (C=O) groups is 2. The van der Waals surface area contributed by atoms with Gasteiger partial charge in [-0.1, -0.05) is 0 Å². The Morgan fingerprint density at radius 1 is 1.28 bits per heavy atom. The Labute approximate surface area is 152 Å². The van der Waals surface area contributed by atoms with E-state index < -0.39 is 0 Å². The first-order valence-corrected chi connectivity index (χ1v) is 9.32. The van der Waals surface area contributed by atoms with Crippen molar-refractivity contribution in [3.05, 3.63) is 46.2 Å². The average Bonchev–Trinajstić information content (AvgIpc) is 3.17. The zero-order chi connectivity index (χ0) is 17.8. The summed E-state index contributed by atoms with van der Waals surface area (Å²) in [6.45, 7) is 3.97. The monoisotopic (exact) mass is 357 g/mol. The molecule has 2 amide bonds. The predicted octanol–water partition coefficient (Wildman–Crippen LogP) is 3.25. The summed E-state index contributed by atoms with van der Waals surface area (Å²) in [5.41, 5.74) is 2.91. The van der Waals surface area contributed by atoms with Crippen LogP contribution in [0.25, 0.3) is 0 Å². The molecule has 1 aliphatic rings. The quantitative estimate of drug-likeness (QED) is 0.863. The molecule has 0 aliphatic carbocycles. The van der Waals surface area contributed by atoms with Crippen LogP contribution in [0, 0.1) is 6.92 Å². The number of carbonyl (C=O) groups excluding carboxylic acids is 2. The smallest absolute Gasteiger partial charge is 0.238 e. The molecule has 1 saturated heterocycles. The van der Waals surface area contributed by atoms with Gasteiger partial charge in [-0.2, -0.15) is 0 Å². The highest BCUT2D eigenvalue weighted by molar-refractivity contribution is 7.10. The molecule has 0 spiro atoms. The molecule has 25 heavy (non-hydrogen) atoms. The van der Waals surface area contributed by atoms with Crippen molar-refractivity contribution in [1.82, 2.24) is 4.90 Å². The average molecular weight is 357 g/mol. The molecule has 0 unspecified atom stereocenters. The largest absolute Gasteiger partial charge is 0.325 e. The Bertz CT molecular complexity index is 754. The van der Waals surface area contributed by atoms with Crippen molar-refractivity contribution in [2.24, 2.45) is 0 Å². The maximum absolute atomic E-state index is 12.2. The normalized spacial score (nSPS) is 14.4. The molecular weight excluding hydrogens is 334 g/mol. The van der Waals surface area contributed by atoms with Crippen LogP contribution in [-0.4, -0.2) is 36.9 Å². The SMILES string of the molecule is Cc1ccsc1CN(C)CC(=O)Nc1ccc(N2CCCC2=O)cc1. The fourth-order valence-electron chi connectivity index (χ4n) is 2.96. The molecule has 1 aromatic heterocycles. The van der Waals surface area contributed by atoms with Crippen molar-refractivity contribution < 1.29 is 9.59 Å². The van der Waals surface area contributed by atoms with Gasteiger partial charge >= 0.3 is 0 Å². The second-order valence-electron chi connectivity index (χ2n) is 6.44. The Balaban J connectivity index is 1.52. The van der Waals surface area contributed by atoms with Crippen LogP contribution in [0.2, 0.25) is 0 Å². The minimum atomic E-state index is -0.0401. The highest BCUT2D eigenvalue weighted by atomic mass is 32.1. The highest BCUT2D eigenvalue weighted by Crippen LogP contribution is 2.23. The first-order chi connectivity index (χ1) is 12.0. The Kier molecular flexibility index (Phi) is 5.50. The van der Waals surface area contributed by atoms with Crippen molar-refractivity contribution in [3.63, 3.8) is 0 Å². The lowest BCUT2D eigenvalue weighted by Gasteiger charge is -2.17. The first kappa shape index (κ1) is 17.6. The maximum Gasteiger partial charge on any atom is 0.238 e. The van der Waals surface area contributed by atoms with E-state index in [2.05, 4.69) is 23.7 Å². The summed E-state index contributed by atoms with van der Waals surface area (Å²) in [6, 6.07) is 9.57. The van der Waals surface area contributed by atoms with E-state index >= 15 is 0 Å². The summed E-state index contributed by atoms with van der Waals surface area (Å²) in [6.07, 6.45) is 1.53. The predicted molar refractivity (Wildman–Crippen MR) is 102 cm³/mol. The Morgan fingerprint density at radius 3 is 2.64 bits per heavy atom. The molecule has 132 valence electrons. The minimum absolute atomic E-state index is 0.0401. The van der Waals surface area contributed by atoms with Crippen LogP contribution in [-0.2, 0) is 16.1 Å². The van der Waals surface area contributed by atoms with Crippen LogP contribution in [0.5, 0.6) is 0 Å². The fourth-order valence-corrected chi connectivity index (χ4v) is 3.94. The van der Waals surface area contributed by atoms with Crippen molar-refractivity contribution in [2.75, 3.05) is 30.4 Å². The molecule has 1 fully saturated rings. The van der Waals surface area contributed by atoms with Gasteiger partial charge in [0.15, 0.2) is 0 Å². The summed E-state index contributed by atoms with van der Waals surface area (Å²) in [5, 5.41) is 4.99. The van der Waals surface area contributed by atoms with Crippen LogP contribution in [0.15, 0.2) is 35.7 Å². The zero-order valence-corrected chi connectivity index (χ0v) is 15.4. The number of anilines is 2. The minimum Gasteiger partial charge on any atom is -0.325 e. The summed E-state index contributed by atoms with van der Waals surface area (Å²) < 4.78 is 0. The van der Waals surface area contributed by atoms with E-state index in [0.717, 1.165) is 30.9 Å². The summed E-state index contributed by atoms with van der Waals surface area (Å²) in [4.78, 5) is 29.1. The zero-order valence-electron chi connectivity index (χ0n) is 14.6. The molecule has 5 nitrogen and oxygen atoms in total. The van der Waals surface area contributed by atoms with E-state index in [1.54, 1.807) is 16.2 Å². The van der Waals surface area contributed by atoms with Crippen molar-refractivity contribution in [1.29, 1.82) is 0 Å². The second kappa shape index (κ2) is 7.80. The number of hydrogen-bond acceptors (Lipinski definition) is 4. The lowest BCUT2D eigenvalue weighted by atomic mass is 10.2. The van der Waals surface area contributed by atoms with E-state index in [4.69, 9.17) is 0 Å². The molecular formula is C19H23N3O2S. The lowest BCUT2D eigenvalue weighted by Crippen LogP contribution is -2.29. The van der Waals surface area contributed by atoms with Gasteiger partial charge in [-0.25, -0.2) is 0 Å². The standard InChI is InChI=1S/C19H23N3O2S/c1-14-9-11-25-17(14)12-21(2)13-18(23)20-15-5-7-16(8-6-15)22-10-3-4-19(22)24/h5-9,11H,3-4,10,12-13H2,1-2H3,(H,20,23). The van der Waals surface area contributed by atoms with Gasteiger partial charge in [0.05, 0.1) is 6.54 Å². The van der Waals surface area contributed by atoms with E-state index in [-0.39, 0.29) is 11.8 Å². The van der Waals surface area contributed by atoms with Crippen LogP contribution in [0.3, 0.4) is 0 Å². The molecule has 2 heterocycles. The van der Waals surface area contributed by atoms with E-state index in [0.29, 0.717) is 13.0 Å². The number of thiophene rings is 1. The van der Waals surface area contributed by atoms with Gasteiger partial charge in [-0.3, -0.25) is 14.5 Å². The first-order valence-electron chi connectivity index (χ1n) is 8.45. The molecule has 1 N–H and O–H groups in total. The number of amides is 2. The third-order valence-corrected chi connectivity index (χ3v) is 5.34. The van der Waals surface area contributed by atoms with Gasteiger partial charge in [0.2, 0.25) is 11.8 Å². The van der Waals surface area contributed by atoms with E-state index in [9.17, 15) is 9.59 Å². The number of aryl methyl sites for hydroxylation is 1. The van der Waals surface area contributed by atoms with Crippen LogP contribution < -0.4 is 10.2 Å². The van der Waals surface area contributed by atoms with Gasteiger partial charge in [0, 0.05) is 35.8 Å². The van der Waals surface area contributed by atoms with Gasteiger partial charge < -0.3 is 10.2 Å². The third-order valence-electron chi connectivity index (χ3n) is 4.33. The van der Waals surface area contributed by atoms with Crippen molar-refractivity contribution >= 4 is 34.5 Å². The maximum atomic E-state index is 12.2. The molecule has 0 saturated carbocycles. The number of hydrogen-bond donors (Lipinski definition) is 1. The van der Waals surface area contributed by atoms with E-state index in [1.807, 2.05) is 36.2 Å². The van der Waals surface area contributed by atoms with Gasteiger partial charge in [0.25, 0.3) is 0 Å². The fraction of sp³-hybridized carbons (Fsp3) is 0.368. The van der Waals surface area contributed by atoms with Gasteiger partial charge in [-0.15, -0.1) is 11.3 Å². The molecule has 0 atom stereocenters. The Hall–Kier alpha value is -2.18. The molecule has 0 radical (unpaired) electrons. The number of nitrogens with zero attached hydrogens (tertiary/aromatic N) is 2. The lowest BCUT2D eigenvalue weighted by molar-refractivity contribution is -0.117. The summed E-state index contributed by atoms with van der Waals surface area (Å²) >= 11 is 1.72. The number of rotatable bonds is 6. The van der Waals surface area contributed by atoms with Gasteiger partial charge in [-0.05, 0) is 61.7 Å². The number of likely N-dealkylation sites (N-methyl/N-ethyl adjacent to an activating group) is 1. The topological polar surface area (TPSA) is 52.7 Å². The van der Waals surface area contributed by atoms with Crippen LogP contribution >= 0.6 is 11.3 Å². The molecule has 6 heteroatoms. The molecule has 0 bridgehead atoms. The Morgan fingerprint density at radius 2 is 2.04 bits per heavy atom. The third kappa shape index (κ3) is 4.46. The second-order valence-corrected chi connectivity index (χ2v) is 7.44. The summed E-state index contributed by atoms with van der Waals surface area (Å²) in [5.74, 6) is 0.129. The highest BCUT2D eigenvalue weighted by Gasteiger charge is 2.21. The van der Waals surface area contributed by atoms with Gasteiger partial charge in [0.1, 0.15) is 0 Å². The van der Waals surface area contributed by atoms with Crippen LogP contribution in [0.4, 0.5) is 11.4 Å². The van der Waals surface area contributed by atoms with Crippen molar-refractivity contribution in [3.8, 4) is 0 Å². The van der Waals surface area contributed by atoms with E-state index in [1.165, 1.54) is 10.4 Å². The molecule has 1 aromatic carbocycles.